The molecule has 0 radical (unpaired) electrons. The van der Waals surface area contributed by atoms with Crippen LogP contribution < -0.4 is 5.32 Å². The van der Waals surface area contributed by atoms with Crippen LogP contribution in [-0.4, -0.2) is 67.7 Å². The van der Waals surface area contributed by atoms with E-state index in [2.05, 4.69) is 10.3 Å². The molecule has 0 saturated carbocycles. The summed E-state index contributed by atoms with van der Waals surface area (Å²) in [6.07, 6.45) is 6.09. The Kier molecular flexibility index (Phi) is 5.65. The molecule has 0 spiro atoms. The number of likely N-dealkylation sites (tertiary alicyclic amines) is 1. The molecule has 3 aromatic heterocycles. The van der Waals surface area contributed by atoms with Gasteiger partial charge in [-0.25, -0.2) is 22.9 Å². The lowest BCUT2D eigenvalue weighted by molar-refractivity contribution is -0.112. The minimum absolute atomic E-state index is 0.0873. The monoisotopic (exact) mass is 548 g/mol. The van der Waals surface area contributed by atoms with Crippen molar-refractivity contribution in [2.45, 2.75) is 38.3 Å². The molecule has 1 aromatic carbocycles. The van der Waals surface area contributed by atoms with Crippen molar-refractivity contribution in [3.63, 3.8) is 0 Å². The molecule has 3 aliphatic rings. The molecule has 1 N–H and O–H groups in total. The second-order valence-corrected chi connectivity index (χ2v) is 10.7. The maximum Gasteiger partial charge on any atom is 0.320 e. The number of hydrogen-bond donors (Lipinski definition) is 1. The van der Waals surface area contributed by atoms with Crippen LogP contribution in [0.2, 0.25) is 0 Å². The molecule has 11 heteroatoms. The summed E-state index contributed by atoms with van der Waals surface area (Å²) < 4.78 is 47.4. The number of amides is 2. The molecule has 6 heterocycles. The van der Waals surface area contributed by atoms with Crippen LogP contribution in [0.5, 0.6) is 0 Å². The highest BCUT2D eigenvalue weighted by molar-refractivity contribution is 6.33. The first-order chi connectivity index (χ1) is 19.3. The van der Waals surface area contributed by atoms with Crippen LogP contribution in [0, 0.1) is 5.82 Å². The van der Waals surface area contributed by atoms with Crippen LogP contribution in [0.15, 0.2) is 48.9 Å². The predicted molar refractivity (Wildman–Crippen MR) is 143 cm³/mol. The van der Waals surface area contributed by atoms with Gasteiger partial charge in [-0.3, -0.25) is 9.20 Å². The molecule has 2 amide bonds. The van der Waals surface area contributed by atoms with Gasteiger partial charge in [0.25, 0.3) is 5.92 Å². The Balaban J connectivity index is 1.30. The molecule has 1 fully saturated rings. The summed E-state index contributed by atoms with van der Waals surface area (Å²) in [6.45, 7) is 0.519. The molecule has 0 unspecified atom stereocenters. The molecule has 8 nitrogen and oxygen atoms in total. The van der Waals surface area contributed by atoms with E-state index < -0.39 is 24.3 Å². The fourth-order valence-corrected chi connectivity index (χ4v) is 6.26. The number of nitrogens with one attached hydrogen (secondary N) is 1. The van der Waals surface area contributed by atoms with Gasteiger partial charge in [0.2, 0.25) is 0 Å². The number of carbonyl (C=O) groups excluding carboxylic acids is 2. The smallest absolute Gasteiger partial charge is 0.320 e. The maximum atomic E-state index is 15.1. The Bertz CT molecular complexity index is 1720. The lowest BCUT2D eigenvalue weighted by Gasteiger charge is -2.30. The average Bonchev–Trinajstić information content (AvgIpc) is 3.54. The third kappa shape index (κ3) is 4.02. The van der Waals surface area contributed by atoms with Gasteiger partial charge in [-0.05, 0) is 42.7 Å². The van der Waals surface area contributed by atoms with Gasteiger partial charge in [0.15, 0.2) is 5.78 Å². The lowest BCUT2D eigenvalue weighted by Crippen LogP contribution is -2.47. The Hall–Kier alpha value is -4.28. The number of nitrogens with zero attached hydrogens (tertiary/aromatic N) is 5. The predicted octanol–water partition coefficient (Wildman–Crippen LogP) is 4.53. The minimum Gasteiger partial charge on any atom is -0.375 e. The minimum atomic E-state index is -2.92. The van der Waals surface area contributed by atoms with Gasteiger partial charge < -0.3 is 19.7 Å². The molecular weight excluding hydrogens is 521 g/mol. The van der Waals surface area contributed by atoms with Crippen molar-refractivity contribution >= 4 is 39.6 Å². The summed E-state index contributed by atoms with van der Waals surface area (Å²) in [7, 11) is 0. The van der Waals surface area contributed by atoms with Crippen molar-refractivity contribution in [3.05, 3.63) is 71.6 Å². The van der Waals surface area contributed by atoms with Gasteiger partial charge in [0.1, 0.15) is 11.5 Å². The number of imidazole rings is 1. The number of hydrogen-bond acceptors (Lipinski definition) is 4. The molecule has 4 aromatic rings. The fraction of sp³-hybridized carbons (Fsp3) is 0.345. The average molecular weight is 549 g/mol. The summed E-state index contributed by atoms with van der Waals surface area (Å²) >= 11 is 0. The van der Waals surface area contributed by atoms with Crippen molar-refractivity contribution in [2.75, 3.05) is 26.2 Å². The largest absolute Gasteiger partial charge is 0.375 e. The zero-order chi connectivity index (χ0) is 27.6. The second kappa shape index (κ2) is 9.14. The van der Waals surface area contributed by atoms with Gasteiger partial charge in [-0.1, -0.05) is 6.07 Å². The Morgan fingerprint density at radius 3 is 2.83 bits per heavy atom. The first-order valence-corrected chi connectivity index (χ1v) is 13.5. The number of urea groups is 1. The fourth-order valence-electron chi connectivity index (χ4n) is 6.26. The normalized spacial score (nSPS) is 19.3. The third-order valence-electron chi connectivity index (χ3n) is 8.07. The van der Waals surface area contributed by atoms with Gasteiger partial charge in [0, 0.05) is 55.9 Å². The van der Waals surface area contributed by atoms with E-state index in [4.69, 9.17) is 0 Å². The first kappa shape index (κ1) is 24.7. The van der Waals surface area contributed by atoms with Gasteiger partial charge in [-0.15, -0.1) is 0 Å². The SMILES string of the molecule is O=C1CNC(c2cnc3ccccn23)=C1c1cn2c3c(cc(F)cc13)CN(C(=O)N1CCCCC(F)(F)C1)CC2. The number of aromatic nitrogens is 3. The van der Waals surface area contributed by atoms with E-state index in [1.54, 1.807) is 6.20 Å². The number of alkyl halides is 2. The van der Waals surface area contributed by atoms with Crippen molar-refractivity contribution in [1.82, 2.24) is 29.1 Å². The Morgan fingerprint density at radius 2 is 1.95 bits per heavy atom. The molecule has 0 bridgehead atoms. The summed E-state index contributed by atoms with van der Waals surface area (Å²) in [5.74, 6) is -3.52. The zero-order valence-electron chi connectivity index (χ0n) is 21.7. The van der Waals surface area contributed by atoms with Crippen LogP contribution in [0.3, 0.4) is 0 Å². The van der Waals surface area contributed by atoms with Gasteiger partial charge in [-0.2, -0.15) is 0 Å². The number of benzene rings is 1. The summed E-state index contributed by atoms with van der Waals surface area (Å²) in [5, 5.41) is 3.79. The Morgan fingerprint density at radius 1 is 1.07 bits per heavy atom. The molecule has 40 heavy (non-hydrogen) atoms. The number of rotatable bonds is 2. The van der Waals surface area contributed by atoms with E-state index in [0.717, 1.165) is 16.9 Å². The zero-order valence-corrected chi connectivity index (χ0v) is 21.7. The van der Waals surface area contributed by atoms with E-state index in [1.807, 2.05) is 39.6 Å². The number of fused-ring (bicyclic) bond motifs is 1. The van der Waals surface area contributed by atoms with E-state index in [0.29, 0.717) is 47.2 Å². The molecule has 7 rings (SSSR count). The van der Waals surface area contributed by atoms with E-state index in [-0.39, 0.29) is 38.4 Å². The van der Waals surface area contributed by atoms with Crippen LogP contribution in [0.25, 0.3) is 27.8 Å². The van der Waals surface area contributed by atoms with E-state index in [1.165, 1.54) is 21.9 Å². The van der Waals surface area contributed by atoms with Crippen molar-refractivity contribution < 1.29 is 22.8 Å². The van der Waals surface area contributed by atoms with Crippen LogP contribution in [0.4, 0.5) is 18.0 Å². The highest BCUT2D eigenvalue weighted by atomic mass is 19.3. The number of ketones is 1. The number of halogens is 3. The van der Waals surface area contributed by atoms with Crippen LogP contribution >= 0.6 is 0 Å². The molecule has 0 atom stereocenters. The van der Waals surface area contributed by atoms with E-state index in [9.17, 15) is 18.4 Å². The molecular formula is C29H27F3N6O2. The topological polar surface area (TPSA) is 74.9 Å². The van der Waals surface area contributed by atoms with E-state index >= 15 is 4.39 Å². The molecule has 1 saturated heterocycles. The van der Waals surface area contributed by atoms with Crippen LogP contribution in [0.1, 0.15) is 36.1 Å². The Labute approximate surface area is 227 Å². The van der Waals surface area contributed by atoms with Crippen molar-refractivity contribution in [2.24, 2.45) is 0 Å². The molecule has 206 valence electrons. The lowest BCUT2D eigenvalue weighted by atomic mass is 9.99. The summed E-state index contributed by atoms with van der Waals surface area (Å²) in [6, 6.07) is 7.99. The second-order valence-electron chi connectivity index (χ2n) is 10.7. The van der Waals surface area contributed by atoms with Crippen molar-refractivity contribution in [3.8, 4) is 0 Å². The van der Waals surface area contributed by atoms with Gasteiger partial charge in [0.05, 0.1) is 41.8 Å². The summed E-state index contributed by atoms with van der Waals surface area (Å²) in [4.78, 5) is 33.8. The number of pyridine rings is 1. The van der Waals surface area contributed by atoms with Crippen molar-refractivity contribution in [1.29, 1.82) is 0 Å². The van der Waals surface area contributed by atoms with Gasteiger partial charge >= 0.3 is 6.03 Å². The standard InChI is InChI=1S/C29H27F3N6O2/c30-19-11-18-15-36(28(40)37-7-4-2-6-29(31,32)17-37)10-9-35-16-21(20(12-19)27(18)35)25-23(39)14-34-26(25)22-13-33-24-5-1-3-8-38(22)24/h1,3,5,8,11-13,16,34H,2,4,6-7,9-10,14-15,17H2. The maximum absolute atomic E-state index is 15.1. The summed E-state index contributed by atoms with van der Waals surface area (Å²) in [5.41, 5.74) is 4.48. The quantitative estimate of drug-likeness (QED) is 0.400. The highest BCUT2D eigenvalue weighted by Crippen LogP contribution is 2.38. The highest BCUT2D eigenvalue weighted by Gasteiger charge is 2.37. The number of carbonyl (C=O) groups is 2. The molecule has 3 aliphatic heterocycles. The third-order valence-corrected chi connectivity index (χ3v) is 8.07. The first-order valence-electron chi connectivity index (χ1n) is 13.5. The molecule has 0 aliphatic carbocycles. The van der Waals surface area contributed by atoms with Crippen LogP contribution in [-0.2, 0) is 17.9 Å². The number of Topliss-reactive ketones (excluding diaryl/α,β-unsaturated/α-hetero) is 1.